The van der Waals surface area contributed by atoms with Gasteiger partial charge in [-0.2, -0.15) is 0 Å². The number of amides is 1. The second kappa shape index (κ2) is 6.45. The van der Waals surface area contributed by atoms with Crippen molar-refractivity contribution in [1.82, 2.24) is 4.98 Å². The normalized spacial score (nSPS) is 10.0. The molecule has 0 atom stereocenters. The first-order valence-electron chi connectivity index (χ1n) is 5.81. The number of benzene rings is 1. The van der Waals surface area contributed by atoms with Crippen LogP contribution in [0.1, 0.15) is 20.7 Å². The minimum atomic E-state index is -0.812. The van der Waals surface area contributed by atoms with Crippen LogP contribution in [-0.4, -0.2) is 24.0 Å². The molecule has 5 nitrogen and oxygen atoms in total. The molecule has 7 heteroatoms. The van der Waals surface area contributed by atoms with Crippen LogP contribution >= 0.6 is 15.9 Å². The second-order valence-corrected chi connectivity index (χ2v) is 4.95. The average molecular weight is 353 g/mol. The van der Waals surface area contributed by atoms with Gasteiger partial charge in [0.05, 0.1) is 18.2 Å². The topological polar surface area (TPSA) is 68.3 Å². The van der Waals surface area contributed by atoms with E-state index >= 15 is 0 Å². The number of nitrogens with one attached hydrogen (secondary N) is 1. The Labute approximate surface area is 128 Å². The molecule has 0 unspecified atom stereocenters. The van der Waals surface area contributed by atoms with Crippen molar-refractivity contribution in [3.8, 4) is 0 Å². The Kier molecular flexibility index (Phi) is 4.64. The minimum absolute atomic E-state index is 0.248. The monoisotopic (exact) mass is 352 g/mol. The largest absolute Gasteiger partial charge is 0.465 e. The predicted molar refractivity (Wildman–Crippen MR) is 77.6 cm³/mol. The Hall–Kier alpha value is -2.28. The second-order valence-electron chi connectivity index (χ2n) is 4.03. The van der Waals surface area contributed by atoms with Gasteiger partial charge in [0.25, 0.3) is 5.91 Å². The van der Waals surface area contributed by atoms with E-state index in [2.05, 4.69) is 31.0 Å². The molecule has 1 aromatic heterocycles. The van der Waals surface area contributed by atoms with Crippen LogP contribution in [0.4, 0.5) is 10.1 Å². The summed E-state index contributed by atoms with van der Waals surface area (Å²) in [6.45, 7) is 0. The summed E-state index contributed by atoms with van der Waals surface area (Å²) in [6.07, 6.45) is 2.94. The molecular formula is C14H10BrFN2O3. The molecule has 1 amide bonds. The number of carbonyl (C=O) groups excluding carboxylic acids is 2. The Morgan fingerprint density at radius 2 is 2.05 bits per heavy atom. The molecule has 0 fully saturated rings. The predicted octanol–water partition coefficient (Wildman–Crippen LogP) is 3.02. The van der Waals surface area contributed by atoms with Crippen LogP contribution in [0.15, 0.2) is 41.1 Å². The first-order valence-corrected chi connectivity index (χ1v) is 6.60. The first-order chi connectivity index (χ1) is 10.0. The van der Waals surface area contributed by atoms with Crippen molar-refractivity contribution < 1.29 is 18.7 Å². The number of nitrogens with zero attached hydrogens (tertiary/aromatic N) is 1. The van der Waals surface area contributed by atoms with Gasteiger partial charge >= 0.3 is 5.97 Å². The summed E-state index contributed by atoms with van der Waals surface area (Å²) in [5.74, 6) is -1.96. The number of anilines is 1. The molecule has 1 N–H and O–H groups in total. The number of esters is 1. The van der Waals surface area contributed by atoms with Crippen LogP contribution in [-0.2, 0) is 4.74 Å². The lowest BCUT2D eigenvalue weighted by Gasteiger charge is -2.07. The highest BCUT2D eigenvalue weighted by molar-refractivity contribution is 9.10. The van der Waals surface area contributed by atoms with Crippen LogP contribution in [0, 0.1) is 5.82 Å². The smallest absolute Gasteiger partial charge is 0.340 e. The summed E-state index contributed by atoms with van der Waals surface area (Å²) >= 11 is 3.21. The van der Waals surface area contributed by atoms with Gasteiger partial charge in [0.1, 0.15) is 5.82 Å². The SMILES string of the molecule is COC(=O)c1cc(NC(=O)c2cncc(Br)c2)ccc1F. The number of aromatic nitrogens is 1. The van der Waals surface area contributed by atoms with Gasteiger partial charge in [-0.15, -0.1) is 0 Å². The minimum Gasteiger partial charge on any atom is -0.465 e. The highest BCUT2D eigenvalue weighted by Gasteiger charge is 2.14. The van der Waals surface area contributed by atoms with Gasteiger partial charge in [-0.05, 0) is 40.2 Å². The number of carbonyl (C=O) groups is 2. The van der Waals surface area contributed by atoms with Crippen LogP contribution in [0.5, 0.6) is 0 Å². The maximum Gasteiger partial charge on any atom is 0.340 e. The van der Waals surface area contributed by atoms with Gasteiger partial charge in [-0.3, -0.25) is 9.78 Å². The van der Waals surface area contributed by atoms with Crippen LogP contribution in [0.25, 0.3) is 0 Å². The molecular weight excluding hydrogens is 343 g/mol. The quantitative estimate of drug-likeness (QED) is 0.862. The number of halogens is 2. The third kappa shape index (κ3) is 3.63. The molecule has 2 aromatic rings. The Morgan fingerprint density at radius 3 is 2.71 bits per heavy atom. The summed E-state index contributed by atoms with van der Waals surface area (Å²) in [5, 5.41) is 2.56. The lowest BCUT2D eigenvalue weighted by Crippen LogP contribution is -2.13. The molecule has 0 aliphatic heterocycles. The van der Waals surface area contributed by atoms with Crippen molar-refractivity contribution in [1.29, 1.82) is 0 Å². The maximum absolute atomic E-state index is 13.5. The van der Waals surface area contributed by atoms with Crippen molar-refractivity contribution >= 4 is 33.5 Å². The van der Waals surface area contributed by atoms with Gasteiger partial charge in [-0.1, -0.05) is 0 Å². The van der Waals surface area contributed by atoms with E-state index in [1.807, 2.05) is 0 Å². The standard InChI is InChI=1S/C14H10BrFN2O3/c1-21-14(20)11-5-10(2-3-12(11)16)18-13(19)8-4-9(15)7-17-6-8/h2-7H,1H3,(H,18,19). The zero-order chi connectivity index (χ0) is 15.4. The molecule has 1 aromatic carbocycles. The molecule has 21 heavy (non-hydrogen) atoms. The molecule has 1 heterocycles. The van der Waals surface area contributed by atoms with Gasteiger partial charge in [-0.25, -0.2) is 9.18 Å². The average Bonchev–Trinajstić information content (AvgIpc) is 2.48. The van der Waals surface area contributed by atoms with E-state index in [4.69, 9.17) is 0 Å². The third-order valence-corrected chi connectivity index (χ3v) is 3.03. The first kappa shape index (κ1) is 15.1. The molecule has 0 aliphatic carbocycles. The zero-order valence-electron chi connectivity index (χ0n) is 10.9. The van der Waals surface area contributed by atoms with E-state index in [1.54, 1.807) is 12.3 Å². The number of ether oxygens (including phenoxy) is 1. The van der Waals surface area contributed by atoms with Crippen LogP contribution in [0.2, 0.25) is 0 Å². The number of hydrogen-bond acceptors (Lipinski definition) is 4. The molecule has 0 aliphatic rings. The van der Waals surface area contributed by atoms with Gasteiger partial charge in [0, 0.05) is 22.6 Å². The summed E-state index contributed by atoms with van der Waals surface area (Å²) in [4.78, 5) is 27.3. The fraction of sp³-hybridized carbons (Fsp3) is 0.0714. The summed E-state index contributed by atoms with van der Waals surface area (Å²) in [6, 6.07) is 5.24. The number of hydrogen-bond donors (Lipinski definition) is 1. The van der Waals surface area contributed by atoms with Crippen molar-refractivity contribution in [2.24, 2.45) is 0 Å². The van der Waals surface area contributed by atoms with Crippen molar-refractivity contribution in [3.63, 3.8) is 0 Å². The highest BCUT2D eigenvalue weighted by Crippen LogP contribution is 2.17. The van der Waals surface area contributed by atoms with Gasteiger partial charge in [0.15, 0.2) is 0 Å². The summed E-state index contributed by atoms with van der Waals surface area (Å²) in [7, 11) is 1.15. The molecule has 0 spiro atoms. The lowest BCUT2D eigenvalue weighted by atomic mass is 10.2. The summed E-state index contributed by atoms with van der Waals surface area (Å²) in [5.41, 5.74) is 0.359. The molecule has 0 bridgehead atoms. The van der Waals surface area contributed by atoms with E-state index in [1.165, 1.54) is 18.3 Å². The van der Waals surface area contributed by atoms with Crippen LogP contribution < -0.4 is 5.32 Å². The maximum atomic E-state index is 13.5. The molecule has 2 rings (SSSR count). The third-order valence-electron chi connectivity index (χ3n) is 2.60. The fourth-order valence-corrected chi connectivity index (χ4v) is 1.97. The Bertz CT molecular complexity index is 706. The zero-order valence-corrected chi connectivity index (χ0v) is 12.5. The van der Waals surface area contributed by atoms with Gasteiger partial charge in [0.2, 0.25) is 0 Å². The van der Waals surface area contributed by atoms with E-state index in [0.29, 0.717) is 10.0 Å². The summed E-state index contributed by atoms with van der Waals surface area (Å²) < 4.78 is 18.6. The van der Waals surface area contributed by atoms with E-state index in [9.17, 15) is 14.0 Å². The fourth-order valence-electron chi connectivity index (χ4n) is 1.61. The van der Waals surface area contributed by atoms with Crippen molar-refractivity contribution in [2.45, 2.75) is 0 Å². The lowest BCUT2D eigenvalue weighted by molar-refractivity contribution is 0.0595. The molecule has 0 saturated carbocycles. The number of rotatable bonds is 3. The Morgan fingerprint density at radius 1 is 1.29 bits per heavy atom. The number of methoxy groups -OCH3 is 1. The van der Waals surface area contributed by atoms with E-state index in [0.717, 1.165) is 13.2 Å². The van der Waals surface area contributed by atoms with E-state index in [-0.39, 0.29) is 11.3 Å². The molecule has 0 saturated heterocycles. The highest BCUT2D eigenvalue weighted by atomic mass is 79.9. The van der Waals surface area contributed by atoms with Crippen molar-refractivity contribution in [2.75, 3.05) is 12.4 Å². The molecule has 108 valence electrons. The number of pyridine rings is 1. The van der Waals surface area contributed by atoms with Crippen molar-refractivity contribution in [3.05, 3.63) is 58.1 Å². The van der Waals surface area contributed by atoms with Crippen LogP contribution in [0.3, 0.4) is 0 Å². The van der Waals surface area contributed by atoms with Gasteiger partial charge < -0.3 is 10.1 Å². The van der Waals surface area contributed by atoms with E-state index < -0.39 is 17.7 Å². The Balaban J connectivity index is 2.24. The molecule has 0 radical (unpaired) electrons.